The van der Waals surface area contributed by atoms with Gasteiger partial charge in [-0.1, -0.05) is 45.0 Å². The van der Waals surface area contributed by atoms with Crippen LogP contribution in [0.15, 0.2) is 60.9 Å². The number of aliphatic hydroxyl groups is 1. The number of aliphatic hydroxyl groups excluding tert-OH is 1. The summed E-state index contributed by atoms with van der Waals surface area (Å²) >= 11 is 0. The van der Waals surface area contributed by atoms with E-state index in [-0.39, 0.29) is 11.8 Å². The van der Waals surface area contributed by atoms with Gasteiger partial charge in [-0.05, 0) is 67.1 Å². The molecule has 3 rings (SSSR count). The molecule has 2 atom stereocenters. The number of rotatable bonds is 15. The van der Waals surface area contributed by atoms with Gasteiger partial charge in [-0.3, -0.25) is 14.3 Å². The second-order valence-electron chi connectivity index (χ2n) is 10.1. The maximum absolute atomic E-state index is 13.4. The Hall–Kier alpha value is -3.49. The molecule has 0 aliphatic carbocycles. The number of aryl methyl sites for hydroxylation is 2. The lowest BCUT2D eigenvalue weighted by atomic mass is 10.0. The van der Waals surface area contributed by atoms with Gasteiger partial charge in [-0.2, -0.15) is 5.10 Å². The van der Waals surface area contributed by atoms with Gasteiger partial charge >= 0.3 is 0 Å². The fourth-order valence-corrected chi connectivity index (χ4v) is 4.67. The van der Waals surface area contributed by atoms with Crippen molar-refractivity contribution in [3.05, 3.63) is 88.7 Å². The SMILES string of the molecule is CCCN(CCC)C(=O)c1cc(C)cc(C(=O)N[C@@H](Cn2cccn2)[C@H](O)CNCc2cccc(CC)c2)c1. The first-order valence-electron chi connectivity index (χ1n) is 14.0. The minimum absolute atomic E-state index is 0.0686. The van der Waals surface area contributed by atoms with Crippen LogP contribution in [0, 0.1) is 6.92 Å². The van der Waals surface area contributed by atoms with Crippen molar-refractivity contribution in [1.29, 1.82) is 0 Å². The third-order valence-corrected chi connectivity index (χ3v) is 6.67. The van der Waals surface area contributed by atoms with Crippen molar-refractivity contribution in [2.75, 3.05) is 19.6 Å². The van der Waals surface area contributed by atoms with Crippen molar-refractivity contribution in [3.63, 3.8) is 0 Å². The molecule has 0 aliphatic rings. The molecule has 2 amide bonds. The number of nitrogens with zero attached hydrogens (tertiary/aromatic N) is 3. The van der Waals surface area contributed by atoms with Crippen LogP contribution in [0.1, 0.15) is 71.0 Å². The number of carbonyl (C=O) groups is 2. The molecule has 3 aromatic rings. The lowest BCUT2D eigenvalue weighted by Crippen LogP contribution is -2.49. The number of amides is 2. The predicted octanol–water partition coefficient (Wildman–Crippen LogP) is 3.97. The molecule has 8 heteroatoms. The molecule has 1 heterocycles. The van der Waals surface area contributed by atoms with Crippen LogP contribution in [-0.2, 0) is 19.5 Å². The first-order valence-corrected chi connectivity index (χ1v) is 14.0. The van der Waals surface area contributed by atoms with Gasteiger partial charge in [-0.15, -0.1) is 0 Å². The van der Waals surface area contributed by atoms with E-state index in [0.29, 0.717) is 43.9 Å². The lowest BCUT2D eigenvalue weighted by Gasteiger charge is -2.25. The van der Waals surface area contributed by atoms with Gasteiger partial charge in [0.2, 0.25) is 0 Å². The Morgan fingerprint density at radius 1 is 1.00 bits per heavy atom. The van der Waals surface area contributed by atoms with Crippen LogP contribution in [-0.4, -0.2) is 63.4 Å². The third kappa shape index (κ3) is 9.04. The Morgan fingerprint density at radius 3 is 2.38 bits per heavy atom. The van der Waals surface area contributed by atoms with Crippen LogP contribution < -0.4 is 10.6 Å². The largest absolute Gasteiger partial charge is 0.390 e. The Morgan fingerprint density at radius 2 is 1.72 bits per heavy atom. The molecule has 8 nitrogen and oxygen atoms in total. The zero-order valence-electron chi connectivity index (χ0n) is 23.7. The molecule has 0 fully saturated rings. The highest BCUT2D eigenvalue weighted by Crippen LogP contribution is 2.14. The lowest BCUT2D eigenvalue weighted by molar-refractivity contribution is 0.0755. The number of nitrogens with one attached hydrogen (secondary N) is 2. The van der Waals surface area contributed by atoms with E-state index in [4.69, 9.17) is 0 Å². The van der Waals surface area contributed by atoms with E-state index < -0.39 is 12.1 Å². The molecule has 1 aromatic heterocycles. The van der Waals surface area contributed by atoms with Crippen LogP contribution in [0.2, 0.25) is 0 Å². The first-order chi connectivity index (χ1) is 18.8. The molecule has 0 bridgehead atoms. The summed E-state index contributed by atoms with van der Waals surface area (Å²) in [6.07, 6.45) is 5.32. The molecule has 0 saturated carbocycles. The van der Waals surface area contributed by atoms with Crippen LogP contribution in [0.5, 0.6) is 0 Å². The zero-order valence-corrected chi connectivity index (χ0v) is 23.7. The molecule has 0 unspecified atom stereocenters. The highest BCUT2D eigenvalue weighted by atomic mass is 16.3. The number of carbonyl (C=O) groups excluding carboxylic acids is 2. The molecule has 2 aromatic carbocycles. The maximum Gasteiger partial charge on any atom is 0.253 e. The van der Waals surface area contributed by atoms with E-state index >= 15 is 0 Å². The Bertz CT molecular complexity index is 1190. The monoisotopic (exact) mass is 533 g/mol. The van der Waals surface area contributed by atoms with Crippen LogP contribution in [0.4, 0.5) is 0 Å². The summed E-state index contributed by atoms with van der Waals surface area (Å²) in [5, 5.41) is 21.7. The van der Waals surface area contributed by atoms with Gasteiger partial charge in [0.15, 0.2) is 0 Å². The zero-order chi connectivity index (χ0) is 28.2. The van der Waals surface area contributed by atoms with Crippen molar-refractivity contribution in [2.24, 2.45) is 0 Å². The fourth-order valence-electron chi connectivity index (χ4n) is 4.67. The normalized spacial score (nSPS) is 12.6. The van der Waals surface area contributed by atoms with E-state index in [1.165, 1.54) is 5.56 Å². The van der Waals surface area contributed by atoms with Crippen molar-refractivity contribution >= 4 is 11.8 Å². The second-order valence-corrected chi connectivity index (χ2v) is 10.1. The van der Waals surface area contributed by atoms with E-state index in [1.807, 2.05) is 37.8 Å². The highest BCUT2D eigenvalue weighted by Gasteiger charge is 2.24. The van der Waals surface area contributed by atoms with Crippen molar-refractivity contribution in [1.82, 2.24) is 25.3 Å². The summed E-state index contributed by atoms with van der Waals surface area (Å²) < 4.78 is 1.69. The van der Waals surface area contributed by atoms with E-state index in [9.17, 15) is 14.7 Å². The van der Waals surface area contributed by atoms with Crippen LogP contribution in [0.25, 0.3) is 0 Å². The highest BCUT2D eigenvalue weighted by molar-refractivity contribution is 6.00. The first kappa shape index (κ1) is 30.1. The molecular formula is C31H43N5O3. The minimum atomic E-state index is -0.858. The summed E-state index contributed by atoms with van der Waals surface area (Å²) in [6.45, 7) is 10.7. The van der Waals surface area contributed by atoms with Gasteiger partial charge in [-0.25, -0.2) is 0 Å². The van der Waals surface area contributed by atoms with Gasteiger partial charge in [0.05, 0.1) is 18.7 Å². The van der Waals surface area contributed by atoms with Crippen LogP contribution in [0.3, 0.4) is 0 Å². The summed E-state index contributed by atoms with van der Waals surface area (Å²) in [6, 6.07) is 14.8. The van der Waals surface area contributed by atoms with Gasteiger partial charge in [0, 0.05) is 49.7 Å². The molecule has 0 aliphatic heterocycles. The van der Waals surface area contributed by atoms with E-state index in [2.05, 4.69) is 40.9 Å². The summed E-state index contributed by atoms with van der Waals surface area (Å²) in [5.74, 6) is -0.405. The van der Waals surface area contributed by atoms with Gasteiger partial charge in [0.1, 0.15) is 0 Å². The van der Waals surface area contributed by atoms with Gasteiger partial charge < -0.3 is 20.6 Å². The van der Waals surface area contributed by atoms with E-state index in [0.717, 1.165) is 30.4 Å². The molecule has 39 heavy (non-hydrogen) atoms. The summed E-state index contributed by atoms with van der Waals surface area (Å²) in [4.78, 5) is 28.4. The van der Waals surface area contributed by atoms with Crippen molar-refractivity contribution in [2.45, 2.75) is 72.2 Å². The topological polar surface area (TPSA) is 99.5 Å². The molecule has 0 saturated heterocycles. The Balaban J connectivity index is 1.72. The third-order valence-electron chi connectivity index (χ3n) is 6.67. The smallest absolute Gasteiger partial charge is 0.253 e. The minimum Gasteiger partial charge on any atom is -0.390 e. The molecule has 0 spiro atoms. The number of benzene rings is 2. The van der Waals surface area contributed by atoms with Crippen LogP contribution >= 0.6 is 0 Å². The number of hydrogen-bond donors (Lipinski definition) is 3. The molecule has 3 N–H and O–H groups in total. The van der Waals surface area contributed by atoms with Gasteiger partial charge in [0.25, 0.3) is 11.8 Å². The number of hydrogen-bond acceptors (Lipinski definition) is 5. The predicted molar refractivity (Wildman–Crippen MR) is 155 cm³/mol. The molecule has 210 valence electrons. The molecular weight excluding hydrogens is 490 g/mol. The second kappa shape index (κ2) is 15.2. The average Bonchev–Trinajstić information content (AvgIpc) is 3.45. The Labute approximate surface area is 232 Å². The summed E-state index contributed by atoms with van der Waals surface area (Å²) in [5.41, 5.74) is 4.14. The van der Waals surface area contributed by atoms with E-state index in [1.54, 1.807) is 35.3 Å². The van der Waals surface area contributed by atoms with Crippen molar-refractivity contribution in [3.8, 4) is 0 Å². The molecule has 0 radical (unpaired) electrons. The maximum atomic E-state index is 13.4. The number of aromatic nitrogens is 2. The summed E-state index contributed by atoms with van der Waals surface area (Å²) in [7, 11) is 0. The van der Waals surface area contributed by atoms with Crippen molar-refractivity contribution < 1.29 is 14.7 Å². The quantitative estimate of drug-likeness (QED) is 0.275. The average molecular weight is 534 g/mol. The standard InChI is InChI=1S/C31H43N5O3/c1-5-13-35(14-6-2)31(39)27-17-23(4)16-26(19-27)30(38)34-28(22-36-15-9-12-33-36)29(37)21-32-20-25-11-8-10-24(7-3)18-25/h8-12,15-19,28-29,32,37H,5-7,13-14,20-22H2,1-4H3,(H,34,38)/t28-,29+/m0/s1. The fraction of sp³-hybridized carbons (Fsp3) is 0.452. The Kier molecular flexibility index (Phi) is 11.7.